The third-order valence-corrected chi connectivity index (χ3v) is 12.8. The van der Waals surface area contributed by atoms with Gasteiger partial charge in [-0.3, -0.25) is 0 Å². The van der Waals surface area contributed by atoms with Gasteiger partial charge in [0.1, 0.15) is 0 Å². The van der Waals surface area contributed by atoms with E-state index in [0.717, 1.165) is 47.8 Å². The van der Waals surface area contributed by atoms with E-state index in [9.17, 15) is 5.11 Å². The summed E-state index contributed by atoms with van der Waals surface area (Å²) in [5.74, 6) is 4.90. The van der Waals surface area contributed by atoms with Crippen LogP contribution in [0.2, 0.25) is 0 Å². The lowest BCUT2D eigenvalue weighted by Gasteiger charge is -2.58. The molecule has 7 aliphatic rings. The van der Waals surface area contributed by atoms with Crippen molar-refractivity contribution in [3.63, 3.8) is 0 Å². The molecule has 7 aliphatic carbocycles. The van der Waals surface area contributed by atoms with Crippen LogP contribution in [-0.2, 0) is 0 Å². The first-order valence-electron chi connectivity index (χ1n) is 14.3. The van der Waals surface area contributed by atoms with Crippen LogP contribution in [0.1, 0.15) is 123 Å². The SMILES string of the molecule is C[C@]12CC[C@H]3[C@@H](CC=C4C[C@@H](O)CC[C@@]43C)[C@@H]1CC[C@@H]2CCCC12CCC(CC1)CC2. The average Bonchev–Trinajstić information content (AvgIpc) is 3.12. The molecule has 0 aromatic rings. The Balaban J connectivity index is 1.12. The molecule has 0 aromatic carbocycles. The van der Waals surface area contributed by atoms with Gasteiger partial charge in [0.2, 0.25) is 0 Å². The van der Waals surface area contributed by atoms with E-state index in [0.29, 0.717) is 10.8 Å². The maximum Gasteiger partial charge on any atom is 0.0577 e. The zero-order chi connectivity index (χ0) is 21.3. The molecule has 7 atom stereocenters. The van der Waals surface area contributed by atoms with Gasteiger partial charge in [0.15, 0.2) is 0 Å². The topological polar surface area (TPSA) is 20.2 Å². The van der Waals surface area contributed by atoms with E-state index in [1.54, 1.807) is 50.5 Å². The summed E-state index contributed by atoms with van der Waals surface area (Å²) in [6.45, 7) is 5.30. The minimum atomic E-state index is -0.0701. The van der Waals surface area contributed by atoms with E-state index in [2.05, 4.69) is 19.9 Å². The second-order valence-corrected chi connectivity index (χ2v) is 13.8. The summed E-state index contributed by atoms with van der Waals surface area (Å²) in [7, 11) is 0. The van der Waals surface area contributed by atoms with Crippen molar-refractivity contribution in [1.29, 1.82) is 0 Å². The molecule has 174 valence electrons. The maximum atomic E-state index is 10.3. The summed E-state index contributed by atoms with van der Waals surface area (Å²) in [6.07, 6.45) is 27.0. The molecular formula is C30H48O. The number of hydrogen-bond acceptors (Lipinski definition) is 1. The van der Waals surface area contributed by atoms with Crippen LogP contribution in [0.4, 0.5) is 0 Å². The normalized spacial score (nSPS) is 53.5. The zero-order valence-electron chi connectivity index (χ0n) is 20.5. The van der Waals surface area contributed by atoms with Crippen molar-refractivity contribution >= 4 is 0 Å². The van der Waals surface area contributed by atoms with Crippen LogP contribution in [0, 0.1) is 45.8 Å². The number of aliphatic hydroxyl groups is 1. The molecule has 0 saturated heterocycles. The summed E-state index contributed by atoms with van der Waals surface area (Å²) >= 11 is 0. The Kier molecular flexibility index (Phi) is 5.22. The van der Waals surface area contributed by atoms with E-state index in [-0.39, 0.29) is 6.10 Å². The first-order chi connectivity index (χ1) is 14.9. The van der Waals surface area contributed by atoms with E-state index in [1.807, 2.05) is 0 Å². The lowest BCUT2D eigenvalue weighted by atomic mass is 9.47. The number of allylic oxidation sites excluding steroid dienone is 1. The predicted molar refractivity (Wildman–Crippen MR) is 129 cm³/mol. The number of hydrogen-bond donors (Lipinski definition) is 1. The quantitative estimate of drug-likeness (QED) is 0.452. The average molecular weight is 425 g/mol. The molecule has 31 heavy (non-hydrogen) atoms. The Bertz CT molecular complexity index is 700. The summed E-state index contributed by atoms with van der Waals surface area (Å²) < 4.78 is 0. The van der Waals surface area contributed by atoms with Crippen LogP contribution in [0.25, 0.3) is 0 Å². The van der Waals surface area contributed by atoms with Crippen LogP contribution in [0.3, 0.4) is 0 Å². The number of rotatable bonds is 4. The largest absolute Gasteiger partial charge is 0.393 e. The molecule has 7 rings (SSSR count). The fourth-order valence-corrected chi connectivity index (χ4v) is 10.7. The highest BCUT2D eigenvalue weighted by molar-refractivity contribution is 5.25. The van der Waals surface area contributed by atoms with Gasteiger partial charge >= 0.3 is 0 Å². The molecule has 0 aliphatic heterocycles. The molecule has 1 nitrogen and oxygen atoms in total. The summed E-state index contributed by atoms with van der Waals surface area (Å²) in [5.41, 5.74) is 3.43. The molecule has 6 saturated carbocycles. The summed E-state index contributed by atoms with van der Waals surface area (Å²) in [6, 6.07) is 0. The molecule has 2 bridgehead atoms. The Morgan fingerprint density at radius 1 is 0.871 bits per heavy atom. The monoisotopic (exact) mass is 424 g/mol. The molecule has 0 amide bonds. The Morgan fingerprint density at radius 3 is 2.42 bits per heavy atom. The van der Waals surface area contributed by atoms with E-state index < -0.39 is 0 Å². The van der Waals surface area contributed by atoms with Gasteiger partial charge in [0.25, 0.3) is 0 Å². The van der Waals surface area contributed by atoms with Gasteiger partial charge in [0.05, 0.1) is 6.10 Å². The van der Waals surface area contributed by atoms with Gasteiger partial charge in [-0.25, -0.2) is 0 Å². The highest BCUT2D eigenvalue weighted by atomic mass is 16.3. The first-order valence-corrected chi connectivity index (χ1v) is 14.3. The van der Waals surface area contributed by atoms with Crippen molar-refractivity contribution in [2.45, 2.75) is 129 Å². The molecule has 0 radical (unpaired) electrons. The van der Waals surface area contributed by atoms with Gasteiger partial charge < -0.3 is 5.11 Å². The van der Waals surface area contributed by atoms with Crippen LogP contribution in [0.5, 0.6) is 0 Å². The second-order valence-electron chi connectivity index (χ2n) is 13.8. The number of fused-ring (bicyclic) bond motifs is 8. The highest BCUT2D eigenvalue weighted by Crippen LogP contribution is 2.67. The second kappa shape index (κ2) is 7.61. The third-order valence-electron chi connectivity index (χ3n) is 12.8. The first kappa shape index (κ1) is 21.2. The maximum absolute atomic E-state index is 10.3. The summed E-state index contributed by atoms with van der Waals surface area (Å²) in [4.78, 5) is 0. The molecule has 0 heterocycles. The van der Waals surface area contributed by atoms with Crippen molar-refractivity contribution in [3.8, 4) is 0 Å². The Labute approximate surface area is 191 Å². The van der Waals surface area contributed by atoms with Crippen molar-refractivity contribution in [3.05, 3.63) is 11.6 Å². The van der Waals surface area contributed by atoms with Crippen LogP contribution < -0.4 is 0 Å². The lowest BCUT2D eigenvalue weighted by molar-refractivity contribution is -0.0515. The van der Waals surface area contributed by atoms with E-state index >= 15 is 0 Å². The lowest BCUT2D eigenvalue weighted by Crippen LogP contribution is -2.50. The summed E-state index contributed by atoms with van der Waals surface area (Å²) in [5, 5.41) is 10.3. The van der Waals surface area contributed by atoms with Crippen LogP contribution in [-0.4, -0.2) is 11.2 Å². The minimum absolute atomic E-state index is 0.0701. The van der Waals surface area contributed by atoms with Crippen LogP contribution in [0.15, 0.2) is 11.6 Å². The highest BCUT2D eigenvalue weighted by Gasteiger charge is 2.58. The smallest absolute Gasteiger partial charge is 0.0577 e. The molecule has 0 spiro atoms. The number of aliphatic hydroxyl groups excluding tert-OH is 1. The van der Waals surface area contributed by atoms with E-state index in [4.69, 9.17) is 0 Å². The molecule has 1 N–H and O–H groups in total. The van der Waals surface area contributed by atoms with Crippen molar-refractivity contribution < 1.29 is 5.11 Å². The predicted octanol–water partition coefficient (Wildman–Crippen LogP) is 8.07. The van der Waals surface area contributed by atoms with E-state index in [1.165, 1.54) is 51.4 Å². The Morgan fingerprint density at radius 2 is 1.65 bits per heavy atom. The fraction of sp³-hybridized carbons (Fsp3) is 0.933. The molecule has 0 aromatic heterocycles. The molecule has 6 fully saturated rings. The third kappa shape index (κ3) is 3.33. The van der Waals surface area contributed by atoms with Crippen LogP contribution >= 0.6 is 0 Å². The van der Waals surface area contributed by atoms with Gasteiger partial charge in [-0.2, -0.15) is 0 Å². The minimum Gasteiger partial charge on any atom is -0.393 e. The van der Waals surface area contributed by atoms with Gasteiger partial charge in [0, 0.05) is 0 Å². The van der Waals surface area contributed by atoms with Crippen molar-refractivity contribution in [1.82, 2.24) is 0 Å². The molecular weight excluding hydrogens is 376 g/mol. The molecule has 0 unspecified atom stereocenters. The van der Waals surface area contributed by atoms with Gasteiger partial charge in [-0.05, 0) is 149 Å². The Hall–Kier alpha value is -0.300. The van der Waals surface area contributed by atoms with Crippen molar-refractivity contribution in [2.75, 3.05) is 0 Å². The standard InChI is InChI=1S/C30H48O/c1-28-16-13-27-25(7-5-23-20-24(31)12-15-29(23,27)2)26(28)8-6-22(28)4-3-14-30-17-9-21(10-18-30)11-19-30/h5,21-22,24-27,31H,3-4,6-20H2,1-2H3/t21?,22-,24-,25-,26-,27-,28+,29-,30?/m0/s1. The fourth-order valence-electron chi connectivity index (χ4n) is 10.7. The van der Waals surface area contributed by atoms with Gasteiger partial charge in [-0.15, -0.1) is 0 Å². The molecule has 1 heteroatoms. The zero-order valence-corrected chi connectivity index (χ0v) is 20.5. The van der Waals surface area contributed by atoms with Gasteiger partial charge in [-0.1, -0.05) is 31.9 Å². The van der Waals surface area contributed by atoms with Crippen molar-refractivity contribution in [2.24, 2.45) is 45.8 Å².